The van der Waals surface area contributed by atoms with Crippen LogP contribution < -0.4 is 10.5 Å². The maximum absolute atomic E-state index is 5.92. The summed E-state index contributed by atoms with van der Waals surface area (Å²) < 4.78 is 5.64. The normalized spacial score (nSPS) is 18.3. The molecule has 0 aliphatic heterocycles. The largest absolute Gasteiger partial charge is 0.491 e. The summed E-state index contributed by atoms with van der Waals surface area (Å²) in [6.45, 7) is 2.70. The molecule has 70 valence electrons. The Balaban J connectivity index is 1.97. The van der Waals surface area contributed by atoms with E-state index < -0.39 is 0 Å². The molecule has 1 aromatic rings. The van der Waals surface area contributed by atoms with Crippen LogP contribution in [0, 0.1) is 6.92 Å². The Labute approximate surface area is 78.7 Å². The van der Waals surface area contributed by atoms with Gasteiger partial charge in [-0.15, -0.1) is 0 Å². The van der Waals surface area contributed by atoms with E-state index in [-0.39, 0.29) is 5.54 Å². The van der Waals surface area contributed by atoms with Crippen molar-refractivity contribution in [3.8, 4) is 5.75 Å². The third-order valence-electron chi connectivity index (χ3n) is 2.50. The molecule has 13 heavy (non-hydrogen) atoms. The average molecular weight is 177 g/mol. The minimum absolute atomic E-state index is 0.0255. The predicted octanol–water partition coefficient (Wildman–Crippen LogP) is 1.87. The van der Waals surface area contributed by atoms with Crippen LogP contribution in [0.4, 0.5) is 0 Å². The summed E-state index contributed by atoms with van der Waals surface area (Å²) in [4.78, 5) is 0. The van der Waals surface area contributed by atoms with Gasteiger partial charge in [0.1, 0.15) is 12.4 Å². The summed E-state index contributed by atoms with van der Waals surface area (Å²) in [5.41, 5.74) is 7.07. The Morgan fingerprint density at radius 1 is 1.38 bits per heavy atom. The van der Waals surface area contributed by atoms with Crippen LogP contribution in [0.1, 0.15) is 18.4 Å². The lowest BCUT2D eigenvalue weighted by molar-refractivity contribution is 0.278. The molecule has 0 heterocycles. The molecule has 0 saturated heterocycles. The van der Waals surface area contributed by atoms with E-state index in [1.165, 1.54) is 5.56 Å². The van der Waals surface area contributed by atoms with E-state index in [9.17, 15) is 0 Å². The monoisotopic (exact) mass is 177 g/mol. The number of benzene rings is 1. The number of hydrogen-bond donors (Lipinski definition) is 1. The molecule has 0 unspecified atom stereocenters. The molecule has 1 aromatic carbocycles. The van der Waals surface area contributed by atoms with Crippen molar-refractivity contribution in [2.24, 2.45) is 5.73 Å². The number of hydrogen-bond acceptors (Lipinski definition) is 2. The van der Waals surface area contributed by atoms with Gasteiger partial charge < -0.3 is 10.5 Å². The van der Waals surface area contributed by atoms with E-state index >= 15 is 0 Å². The second kappa shape index (κ2) is 3.04. The van der Waals surface area contributed by atoms with Gasteiger partial charge in [-0.25, -0.2) is 0 Å². The summed E-state index contributed by atoms with van der Waals surface area (Å²) in [5, 5.41) is 0. The maximum atomic E-state index is 5.92. The van der Waals surface area contributed by atoms with Crippen molar-refractivity contribution in [3.05, 3.63) is 29.8 Å². The quantitative estimate of drug-likeness (QED) is 0.765. The van der Waals surface area contributed by atoms with Crippen molar-refractivity contribution < 1.29 is 4.74 Å². The molecule has 0 atom stereocenters. The highest BCUT2D eigenvalue weighted by Crippen LogP contribution is 2.33. The Bertz CT molecular complexity index is 305. The first kappa shape index (κ1) is 8.57. The number of nitrogens with two attached hydrogens (primary N) is 1. The smallest absolute Gasteiger partial charge is 0.122 e. The average Bonchev–Trinajstić information content (AvgIpc) is 2.83. The molecule has 2 nitrogen and oxygen atoms in total. The predicted molar refractivity (Wildman–Crippen MR) is 52.8 cm³/mol. The Kier molecular flexibility index (Phi) is 2.00. The van der Waals surface area contributed by atoms with Gasteiger partial charge in [0.25, 0.3) is 0 Å². The van der Waals surface area contributed by atoms with Crippen LogP contribution in [-0.4, -0.2) is 12.1 Å². The van der Waals surface area contributed by atoms with Crippen LogP contribution in [0.2, 0.25) is 0 Å². The van der Waals surface area contributed by atoms with Crippen molar-refractivity contribution in [1.29, 1.82) is 0 Å². The van der Waals surface area contributed by atoms with Gasteiger partial charge in [-0.05, 0) is 31.4 Å². The van der Waals surface area contributed by atoms with Crippen molar-refractivity contribution in [2.45, 2.75) is 25.3 Å². The highest BCUT2D eigenvalue weighted by molar-refractivity contribution is 5.31. The third kappa shape index (κ3) is 2.01. The van der Waals surface area contributed by atoms with Crippen molar-refractivity contribution in [3.63, 3.8) is 0 Å². The lowest BCUT2D eigenvalue weighted by Crippen LogP contribution is -2.29. The first-order valence-electron chi connectivity index (χ1n) is 4.67. The van der Waals surface area contributed by atoms with Crippen molar-refractivity contribution >= 4 is 0 Å². The summed E-state index contributed by atoms with van der Waals surface area (Å²) in [6.07, 6.45) is 2.19. The third-order valence-corrected chi connectivity index (χ3v) is 2.50. The zero-order chi connectivity index (χ0) is 9.31. The number of rotatable bonds is 3. The maximum Gasteiger partial charge on any atom is 0.122 e. The van der Waals surface area contributed by atoms with Crippen LogP contribution in [0.25, 0.3) is 0 Å². The van der Waals surface area contributed by atoms with Gasteiger partial charge in [0.05, 0.1) is 5.54 Å². The van der Waals surface area contributed by atoms with E-state index in [0.717, 1.165) is 18.6 Å². The Morgan fingerprint density at radius 2 is 2.08 bits per heavy atom. The summed E-state index contributed by atoms with van der Waals surface area (Å²) in [5.74, 6) is 0.958. The van der Waals surface area contributed by atoms with Gasteiger partial charge in [-0.3, -0.25) is 0 Å². The van der Waals surface area contributed by atoms with E-state index in [1.807, 2.05) is 31.2 Å². The second-order valence-corrected chi connectivity index (χ2v) is 3.92. The first-order valence-corrected chi connectivity index (χ1v) is 4.67. The van der Waals surface area contributed by atoms with Crippen LogP contribution >= 0.6 is 0 Å². The lowest BCUT2D eigenvalue weighted by Gasteiger charge is -2.12. The first-order chi connectivity index (χ1) is 6.20. The van der Waals surface area contributed by atoms with Gasteiger partial charge in [0, 0.05) is 0 Å². The Morgan fingerprint density at radius 3 is 2.69 bits per heavy atom. The molecule has 0 aromatic heterocycles. The topological polar surface area (TPSA) is 35.2 Å². The van der Waals surface area contributed by atoms with E-state index in [0.29, 0.717) is 6.61 Å². The molecular weight excluding hydrogens is 162 g/mol. The highest BCUT2D eigenvalue weighted by atomic mass is 16.5. The molecular formula is C11H15NO. The fraction of sp³-hybridized carbons (Fsp3) is 0.455. The molecule has 1 aliphatic rings. The minimum atomic E-state index is -0.0255. The molecule has 1 saturated carbocycles. The molecule has 0 bridgehead atoms. The molecule has 0 radical (unpaired) electrons. The molecule has 2 N–H and O–H groups in total. The number of para-hydroxylation sites is 1. The number of aryl methyl sites for hydroxylation is 1. The molecule has 2 heteroatoms. The zero-order valence-corrected chi connectivity index (χ0v) is 7.92. The van der Waals surface area contributed by atoms with Crippen molar-refractivity contribution in [2.75, 3.05) is 6.61 Å². The SMILES string of the molecule is Cc1ccccc1OCC1(N)CC1. The Hall–Kier alpha value is -1.02. The fourth-order valence-corrected chi connectivity index (χ4v) is 1.24. The van der Waals surface area contributed by atoms with Crippen LogP contribution in [0.15, 0.2) is 24.3 Å². The van der Waals surface area contributed by atoms with Crippen LogP contribution in [0.3, 0.4) is 0 Å². The fourth-order valence-electron chi connectivity index (χ4n) is 1.24. The molecule has 0 spiro atoms. The van der Waals surface area contributed by atoms with Gasteiger partial charge >= 0.3 is 0 Å². The van der Waals surface area contributed by atoms with Gasteiger partial charge in [0.15, 0.2) is 0 Å². The van der Waals surface area contributed by atoms with Crippen LogP contribution in [-0.2, 0) is 0 Å². The molecule has 2 rings (SSSR count). The highest BCUT2D eigenvalue weighted by Gasteiger charge is 2.39. The number of ether oxygens (including phenoxy) is 1. The van der Waals surface area contributed by atoms with Gasteiger partial charge in [0.2, 0.25) is 0 Å². The minimum Gasteiger partial charge on any atom is -0.491 e. The summed E-state index contributed by atoms with van der Waals surface area (Å²) >= 11 is 0. The summed E-state index contributed by atoms with van der Waals surface area (Å²) in [6, 6.07) is 8.03. The summed E-state index contributed by atoms with van der Waals surface area (Å²) in [7, 11) is 0. The molecule has 1 fully saturated rings. The van der Waals surface area contributed by atoms with Gasteiger partial charge in [-0.2, -0.15) is 0 Å². The van der Waals surface area contributed by atoms with Crippen molar-refractivity contribution in [1.82, 2.24) is 0 Å². The van der Waals surface area contributed by atoms with E-state index in [4.69, 9.17) is 10.5 Å². The molecule has 1 aliphatic carbocycles. The lowest BCUT2D eigenvalue weighted by atomic mass is 10.2. The van der Waals surface area contributed by atoms with E-state index in [1.54, 1.807) is 0 Å². The zero-order valence-electron chi connectivity index (χ0n) is 7.92. The standard InChI is InChI=1S/C11H15NO/c1-9-4-2-3-5-10(9)13-8-11(12)6-7-11/h2-5H,6-8,12H2,1H3. The van der Waals surface area contributed by atoms with Gasteiger partial charge in [-0.1, -0.05) is 18.2 Å². The van der Waals surface area contributed by atoms with E-state index in [2.05, 4.69) is 0 Å². The second-order valence-electron chi connectivity index (χ2n) is 3.92. The van der Waals surface area contributed by atoms with Crippen LogP contribution in [0.5, 0.6) is 5.75 Å². The molecule has 0 amide bonds.